The molecule has 4 amide bonds. The number of nitrogens with one attached hydrogen (secondary N) is 1. The van der Waals surface area contributed by atoms with Crippen LogP contribution in [-0.4, -0.2) is 66.5 Å². The molecule has 1 aromatic carbocycles. The minimum atomic E-state index is -1.08. The van der Waals surface area contributed by atoms with E-state index >= 15 is 0 Å². The summed E-state index contributed by atoms with van der Waals surface area (Å²) in [7, 11) is 1.54. The molecule has 32 heavy (non-hydrogen) atoms. The molecule has 2 saturated heterocycles. The van der Waals surface area contributed by atoms with Crippen LogP contribution in [0.2, 0.25) is 5.02 Å². The zero-order valence-corrected chi connectivity index (χ0v) is 19.7. The standard InChI is InChI=1S/C24H32ClN3O4/c1-17(2)8-9-21(29)27-12-10-19(11-13-27)24(16-18-6-4-5-7-20(18)25)22(30)28(14-15-32-3)23(31)26-24/h4-9,17,19H,10-16H2,1-3H3,(H,26,31). The zero-order chi connectivity index (χ0) is 23.3. The number of imide groups is 1. The predicted molar refractivity (Wildman–Crippen MR) is 123 cm³/mol. The first-order chi connectivity index (χ1) is 15.3. The highest BCUT2D eigenvalue weighted by Crippen LogP contribution is 2.37. The van der Waals surface area contributed by atoms with Gasteiger partial charge in [0, 0.05) is 31.6 Å². The summed E-state index contributed by atoms with van der Waals surface area (Å²) in [4.78, 5) is 41.9. The number of amides is 4. The molecule has 2 aliphatic heterocycles. The fourth-order valence-corrected chi connectivity index (χ4v) is 4.69. The van der Waals surface area contributed by atoms with Crippen LogP contribution in [0.1, 0.15) is 32.3 Å². The molecule has 1 aromatic rings. The lowest BCUT2D eigenvalue weighted by atomic mass is 9.74. The van der Waals surface area contributed by atoms with Crippen LogP contribution in [0.5, 0.6) is 0 Å². The maximum absolute atomic E-state index is 13.6. The second kappa shape index (κ2) is 10.5. The van der Waals surface area contributed by atoms with Crippen LogP contribution in [0.3, 0.4) is 0 Å². The van der Waals surface area contributed by atoms with E-state index in [1.165, 1.54) is 12.0 Å². The first-order valence-electron chi connectivity index (χ1n) is 11.1. The number of nitrogens with zero attached hydrogens (tertiary/aromatic N) is 2. The average molecular weight is 462 g/mol. The van der Waals surface area contributed by atoms with Crippen LogP contribution < -0.4 is 5.32 Å². The molecular formula is C24H32ClN3O4. The molecule has 8 heteroatoms. The Bertz CT molecular complexity index is 880. The Morgan fingerprint density at radius 1 is 1.28 bits per heavy atom. The van der Waals surface area contributed by atoms with Crippen molar-refractivity contribution in [3.05, 3.63) is 47.0 Å². The fourth-order valence-electron chi connectivity index (χ4n) is 4.49. The number of methoxy groups -OCH3 is 1. The molecule has 2 fully saturated rings. The molecule has 0 aliphatic carbocycles. The van der Waals surface area contributed by atoms with Crippen LogP contribution in [-0.2, 0) is 20.7 Å². The number of hydrogen-bond donors (Lipinski definition) is 1. The summed E-state index contributed by atoms with van der Waals surface area (Å²) in [5.41, 5.74) is -0.270. The lowest BCUT2D eigenvalue weighted by Gasteiger charge is -2.41. The van der Waals surface area contributed by atoms with Crippen molar-refractivity contribution in [3.63, 3.8) is 0 Å². The van der Waals surface area contributed by atoms with Crippen molar-refractivity contribution in [1.29, 1.82) is 0 Å². The Morgan fingerprint density at radius 3 is 2.59 bits per heavy atom. The molecular weight excluding hydrogens is 430 g/mol. The van der Waals surface area contributed by atoms with Gasteiger partial charge in [0.05, 0.1) is 13.2 Å². The van der Waals surface area contributed by atoms with E-state index in [-0.39, 0.29) is 30.9 Å². The number of carbonyl (C=O) groups excluding carboxylic acids is 3. The molecule has 0 radical (unpaired) electrons. The smallest absolute Gasteiger partial charge is 0.325 e. The third kappa shape index (κ3) is 5.15. The van der Waals surface area contributed by atoms with E-state index in [2.05, 4.69) is 5.32 Å². The van der Waals surface area contributed by atoms with Gasteiger partial charge in [-0.25, -0.2) is 4.79 Å². The van der Waals surface area contributed by atoms with Gasteiger partial charge in [-0.05, 0) is 42.4 Å². The lowest BCUT2D eigenvalue weighted by Crippen LogP contribution is -2.58. The van der Waals surface area contributed by atoms with E-state index in [1.54, 1.807) is 12.1 Å². The topological polar surface area (TPSA) is 79.0 Å². The van der Waals surface area contributed by atoms with Crippen molar-refractivity contribution >= 4 is 29.4 Å². The van der Waals surface area contributed by atoms with Gasteiger partial charge in [0.1, 0.15) is 5.54 Å². The number of carbonyl (C=O) groups is 3. The number of halogens is 1. The Kier molecular flexibility index (Phi) is 7.96. The van der Waals surface area contributed by atoms with E-state index in [0.29, 0.717) is 43.3 Å². The van der Waals surface area contributed by atoms with E-state index in [0.717, 1.165) is 5.56 Å². The van der Waals surface area contributed by atoms with Gasteiger partial charge in [0.15, 0.2) is 0 Å². The number of benzene rings is 1. The third-order valence-corrected chi connectivity index (χ3v) is 6.64. The van der Waals surface area contributed by atoms with Crippen molar-refractivity contribution < 1.29 is 19.1 Å². The van der Waals surface area contributed by atoms with E-state index < -0.39 is 11.6 Å². The summed E-state index contributed by atoms with van der Waals surface area (Å²) in [6.07, 6.45) is 5.07. The molecule has 3 rings (SSSR count). The van der Waals surface area contributed by atoms with Gasteiger partial charge in [0.2, 0.25) is 5.91 Å². The Balaban J connectivity index is 1.83. The molecule has 0 saturated carbocycles. The second-order valence-corrected chi connectivity index (χ2v) is 9.23. The third-order valence-electron chi connectivity index (χ3n) is 6.28. The van der Waals surface area contributed by atoms with E-state index in [9.17, 15) is 14.4 Å². The number of piperidine rings is 1. The van der Waals surface area contributed by atoms with Gasteiger partial charge in [-0.3, -0.25) is 14.5 Å². The minimum Gasteiger partial charge on any atom is -0.383 e. The average Bonchev–Trinajstić information content (AvgIpc) is 3.02. The summed E-state index contributed by atoms with van der Waals surface area (Å²) in [6.45, 7) is 5.60. The molecule has 0 aromatic heterocycles. The van der Waals surface area contributed by atoms with Crippen LogP contribution in [0, 0.1) is 11.8 Å². The second-order valence-electron chi connectivity index (χ2n) is 8.82. The quantitative estimate of drug-likeness (QED) is 0.476. The van der Waals surface area contributed by atoms with Crippen LogP contribution in [0.25, 0.3) is 0 Å². The molecule has 1 unspecified atom stereocenters. The SMILES string of the molecule is COCCN1C(=O)NC(Cc2ccccc2Cl)(C2CCN(C(=O)C=CC(C)C)CC2)C1=O. The molecule has 174 valence electrons. The minimum absolute atomic E-state index is 0.0131. The summed E-state index contributed by atoms with van der Waals surface area (Å²) < 4.78 is 5.09. The first-order valence-corrected chi connectivity index (χ1v) is 11.5. The monoisotopic (exact) mass is 461 g/mol. The molecule has 0 bridgehead atoms. The number of rotatable bonds is 8. The van der Waals surface area contributed by atoms with Crippen LogP contribution >= 0.6 is 11.6 Å². The van der Waals surface area contributed by atoms with Gasteiger partial charge >= 0.3 is 6.03 Å². The molecule has 1 N–H and O–H groups in total. The number of allylic oxidation sites excluding steroid dienone is 1. The lowest BCUT2D eigenvalue weighted by molar-refractivity contribution is -0.135. The van der Waals surface area contributed by atoms with Crippen molar-refractivity contribution in [1.82, 2.24) is 15.1 Å². The number of likely N-dealkylation sites (tertiary alicyclic amines) is 1. The number of ether oxygens (including phenoxy) is 1. The number of urea groups is 1. The highest BCUT2D eigenvalue weighted by Gasteiger charge is 2.56. The van der Waals surface area contributed by atoms with Gasteiger partial charge in [-0.15, -0.1) is 0 Å². The summed E-state index contributed by atoms with van der Waals surface area (Å²) >= 11 is 6.41. The van der Waals surface area contributed by atoms with Gasteiger partial charge < -0.3 is 15.0 Å². The van der Waals surface area contributed by atoms with Crippen molar-refractivity contribution in [2.24, 2.45) is 11.8 Å². The Morgan fingerprint density at radius 2 is 1.97 bits per heavy atom. The normalized spacial score (nSPS) is 22.3. The first kappa shape index (κ1) is 24.3. The van der Waals surface area contributed by atoms with Gasteiger partial charge in [-0.2, -0.15) is 0 Å². The van der Waals surface area contributed by atoms with Crippen LogP contribution in [0.15, 0.2) is 36.4 Å². The van der Waals surface area contributed by atoms with Crippen molar-refractivity contribution in [2.75, 3.05) is 33.4 Å². The summed E-state index contributed by atoms with van der Waals surface area (Å²) in [6, 6.07) is 6.99. The maximum atomic E-state index is 13.6. The van der Waals surface area contributed by atoms with E-state index in [1.807, 2.05) is 43.0 Å². The van der Waals surface area contributed by atoms with Gasteiger partial charge in [0.25, 0.3) is 5.91 Å². The summed E-state index contributed by atoms with van der Waals surface area (Å²) in [5.74, 6) is -0.0644. The highest BCUT2D eigenvalue weighted by molar-refractivity contribution is 6.31. The fraction of sp³-hybridized carbons (Fsp3) is 0.542. The molecule has 2 heterocycles. The number of hydrogen-bond acceptors (Lipinski definition) is 4. The van der Waals surface area contributed by atoms with Gasteiger partial charge in [-0.1, -0.05) is 49.7 Å². The Hall–Kier alpha value is -2.38. The highest BCUT2D eigenvalue weighted by atomic mass is 35.5. The molecule has 1 atom stereocenters. The summed E-state index contributed by atoms with van der Waals surface area (Å²) in [5, 5.41) is 3.58. The molecule has 7 nitrogen and oxygen atoms in total. The largest absolute Gasteiger partial charge is 0.383 e. The zero-order valence-electron chi connectivity index (χ0n) is 19.0. The van der Waals surface area contributed by atoms with E-state index in [4.69, 9.17) is 16.3 Å². The predicted octanol–water partition coefficient (Wildman–Crippen LogP) is 3.27. The maximum Gasteiger partial charge on any atom is 0.325 e. The van der Waals surface area contributed by atoms with Crippen molar-refractivity contribution in [3.8, 4) is 0 Å². The molecule has 0 spiro atoms. The Labute approximate surface area is 194 Å². The molecule has 2 aliphatic rings. The van der Waals surface area contributed by atoms with Crippen LogP contribution in [0.4, 0.5) is 4.79 Å². The van der Waals surface area contributed by atoms with Crippen molar-refractivity contribution in [2.45, 2.75) is 38.6 Å².